The average molecular weight is 559 g/mol. The van der Waals surface area contributed by atoms with E-state index >= 15 is 0 Å². The first-order valence-electron chi connectivity index (χ1n) is 15.7. The number of imidazole rings is 1. The molecule has 0 radical (unpaired) electrons. The third-order valence-corrected chi connectivity index (χ3v) is 8.85. The third-order valence-electron chi connectivity index (χ3n) is 8.85. The number of amides is 2. The molecule has 1 aromatic heterocycles. The first kappa shape index (κ1) is 29.2. The highest BCUT2D eigenvalue weighted by molar-refractivity contribution is 5.81. The van der Waals surface area contributed by atoms with Crippen LogP contribution in [-0.2, 0) is 22.6 Å². The van der Waals surface area contributed by atoms with Crippen LogP contribution in [0.15, 0.2) is 42.5 Å². The number of carbonyl (C=O) groups excluding carboxylic acids is 2. The van der Waals surface area contributed by atoms with Crippen molar-refractivity contribution in [1.82, 2.24) is 19.8 Å². The molecule has 1 N–H and O–H groups in total. The summed E-state index contributed by atoms with van der Waals surface area (Å²) >= 11 is 0. The zero-order valence-electron chi connectivity index (χ0n) is 24.9. The summed E-state index contributed by atoms with van der Waals surface area (Å²) in [6, 6.07) is 14.8. The van der Waals surface area contributed by atoms with Crippen molar-refractivity contribution >= 4 is 22.8 Å². The number of aromatic nitrogens is 2. The number of para-hydroxylation sites is 2. The van der Waals surface area contributed by atoms with E-state index in [0.29, 0.717) is 31.6 Å². The van der Waals surface area contributed by atoms with Crippen molar-refractivity contribution in [2.45, 2.75) is 110 Å². The molecule has 2 aliphatic rings. The second-order valence-electron chi connectivity index (χ2n) is 12.0. The minimum Gasteiger partial charge on any atom is -0.483 e. The summed E-state index contributed by atoms with van der Waals surface area (Å²) in [5.41, 5.74) is 4.05. The molecule has 41 heavy (non-hydrogen) atoms. The molecule has 1 heterocycles. The standard InChI is InChI=1S/C34H46N4O3/c1-25-19-20-26(2)31(22-25)41-24-33(39)35-21-11-18-32-36-29-16-9-10-17-30(29)37(32)23-34(40)38(27-12-5-3-6-13-27)28-14-7-4-8-15-28/h9-10,16-17,19-20,22,27-28H,3-8,11-15,18,21,23-24H2,1-2H3,(H,35,39). The molecule has 2 amide bonds. The highest BCUT2D eigenvalue weighted by atomic mass is 16.5. The summed E-state index contributed by atoms with van der Waals surface area (Å²) in [7, 11) is 0. The Balaban J connectivity index is 1.22. The van der Waals surface area contributed by atoms with Gasteiger partial charge in [0.05, 0.1) is 11.0 Å². The fourth-order valence-corrected chi connectivity index (χ4v) is 6.66. The number of ether oxygens (including phenoxy) is 1. The van der Waals surface area contributed by atoms with E-state index in [9.17, 15) is 9.59 Å². The van der Waals surface area contributed by atoms with E-state index in [-0.39, 0.29) is 18.4 Å². The molecule has 0 atom stereocenters. The number of benzene rings is 2. The second kappa shape index (κ2) is 14.0. The van der Waals surface area contributed by atoms with Crippen molar-refractivity contribution in [1.29, 1.82) is 0 Å². The van der Waals surface area contributed by atoms with Crippen LogP contribution in [0.2, 0.25) is 0 Å². The van der Waals surface area contributed by atoms with Gasteiger partial charge in [-0.3, -0.25) is 9.59 Å². The number of carbonyl (C=O) groups is 2. The Bertz CT molecular complexity index is 1300. The summed E-state index contributed by atoms with van der Waals surface area (Å²) in [5, 5.41) is 2.98. The van der Waals surface area contributed by atoms with Gasteiger partial charge in [0.1, 0.15) is 18.1 Å². The first-order valence-corrected chi connectivity index (χ1v) is 15.7. The minimum atomic E-state index is -0.134. The number of hydrogen-bond acceptors (Lipinski definition) is 4. The number of hydrogen-bond donors (Lipinski definition) is 1. The van der Waals surface area contributed by atoms with Crippen LogP contribution in [0.25, 0.3) is 11.0 Å². The van der Waals surface area contributed by atoms with Crippen LogP contribution >= 0.6 is 0 Å². The van der Waals surface area contributed by atoms with Gasteiger partial charge in [-0.15, -0.1) is 0 Å². The van der Waals surface area contributed by atoms with Crippen molar-refractivity contribution in [3.63, 3.8) is 0 Å². The maximum Gasteiger partial charge on any atom is 0.257 e. The van der Waals surface area contributed by atoms with Gasteiger partial charge in [0, 0.05) is 25.0 Å². The van der Waals surface area contributed by atoms with Gasteiger partial charge < -0.3 is 19.5 Å². The maximum atomic E-state index is 14.1. The number of nitrogens with zero attached hydrogens (tertiary/aromatic N) is 3. The van der Waals surface area contributed by atoms with Crippen LogP contribution in [0.1, 0.15) is 87.6 Å². The van der Waals surface area contributed by atoms with Crippen LogP contribution in [0.4, 0.5) is 0 Å². The molecule has 0 saturated heterocycles. The van der Waals surface area contributed by atoms with E-state index in [1.807, 2.05) is 50.2 Å². The number of rotatable bonds is 11. The van der Waals surface area contributed by atoms with Gasteiger partial charge in [0.15, 0.2) is 6.61 Å². The van der Waals surface area contributed by atoms with Crippen LogP contribution in [0.5, 0.6) is 5.75 Å². The third kappa shape index (κ3) is 7.49. The van der Waals surface area contributed by atoms with E-state index in [1.165, 1.54) is 38.5 Å². The Labute approximate surface area is 244 Å². The van der Waals surface area contributed by atoms with Crippen molar-refractivity contribution in [3.05, 3.63) is 59.4 Å². The molecule has 2 aliphatic carbocycles. The normalized spacial score (nSPS) is 16.5. The fourth-order valence-electron chi connectivity index (χ4n) is 6.66. The largest absolute Gasteiger partial charge is 0.483 e. The summed E-state index contributed by atoms with van der Waals surface area (Å²) in [4.78, 5) is 33.7. The Hall–Kier alpha value is -3.35. The summed E-state index contributed by atoms with van der Waals surface area (Å²) in [6.07, 6.45) is 13.4. The molecule has 0 unspecified atom stereocenters. The molecule has 0 aliphatic heterocycles. The van der Waals surface area contributed by atoms with E-state index in [2.05, 4.69) is 20.9 Å². The van der Waals surface area contributed by atoms with Crippen molar-refractivity contribution < 1.29 is 14.3 Å². The quantitative estimate of drug-likeness (QED) is 0.281. The summed E-state index contributed by atoms with van der Waals surface area (Å²) < 4.78 is 7.88. The monoisotopic (exact) mass is 558 g/mol. The Morgan fingerprint density at radius 3 is 2.34 bits per heavy atom. The zero-order chi connectivity index (χ0) is 28.6. The van der Waals surface area contributed by atoms with Crippen molar-refractivity contribution in [2.24, 2.45) is 0 Å². The van der Waals surface area contributed by atoms with Gasteiger partial charge in [-0.25, -0.2) is 4.98 Å². The molecule has 0 spiro atoms. The Morgan fingerprint density at radius 2 is 1.63 bits per heavy atom. The number of nitrogens with one attached hydrogen (secondary N) is 1. The van der Waals surface area contributed by atoms with Crippen LogP contribution < -0.4 is 10.1 Å². The molecular formula is C34H46N4O3. The highest BCUT2D eigenvalue weighted by Crippen LogP contribution is 2.31. The maximum absolute atomic E-state index is 14.1. The lowest BCUT2D eigenvalue weighted by Crippen LogP contribution is -2.50. The predicted octanol–water partition coefficient (Wildman–Crippen LogP) is 6.27. The van der Waals surface area contributed by atoms with Crippen LogP contribution in [-0.4, -0.2) is 51.5 Å². The summed E-state index contributed by atoms with van der Waals surface area (Å²) in [6.45, 7) is 4.85. The van der Waals surface area contributed by atoms with Gasteiger partial charge in [-0.1, -0.05) is 62.8 Å². The molecule has 3 aromatic rings. The zero-order valence-corrected chi connectivity index (χ0v) is 24.9. The molecule has 0 bridgehead atoms. The molecule has 7 nitrogen and oxygen atoms in total. The lowest BCUT2D eigenvalue weighted by Gasteiger charge is -2.42. The molecular weight excluding hydrogens is 512 g/mol. The predicted molar refractivity (Wildman–Crippen MR) is 163 cm³/mol. The molecule has 220 valence electrons. The smallest absolute Gasteiger partial charge is 0.257 e. The van der Waals surface area contributed by atoms with E-state index in [4.69, 9.17) is 9.72 Å². The second-order valence-corrected chi connectivity index (χ2v) is 12.0. The van der Waals surface area contributed by atoms with Gasteiger partial charge in [0.2, 0.25) is 5.91 Å². The van der Waals surface area contributed by atoms with Crippen LogP contribution in [0.3, 0.4) is 0 Å². The highest BCUT2D eigenvalue weighted by Gasteiger charge is 2.33. The summed E-state index contributed by atoms with van der Waals surface area (Å²) in [5.74, 6) is 1.76. The molecule has 5 rings (SSSR count). The van der Waals surface area contributed by atoms with Crippen molar-refractivity contribution in [2.75, 3.05) is 13.2 Å². The topological polar surface area (TPSA) is 76.5 Å². The molecule has 2 fully saturated rings. The first-order chi connectivity index (χ1) is 20.0. The Kier molecular flexibility index (Phi) is 9.97. The number of fused-ring (bicyclic) bond motifs is 1. The molecule has 7 heteroatoms. The van der Waals surface area contributed by atoms with Gasteiger partial charge in [-0.05, 0) is 75.3 Å². The van der Waals surface area contributed by atoms with E-state index < -0.39 is 0 Å². The van der Waals surface area contributed by atoms with Gasteiger partial charge in [-0.2, -0.15) is 0 Å². The Morgan fingerprint density at radius 1 is 0.951 bits per heavy atom. The lowest BCUT2D eigenvalue weighted by atomic mass is 9.88. The van der Waals surface area contributed by atoms with Crippen LogP contribution in [0, 0.1) is 13.8 Å². The fraction of sp³-hybridized carbons (Fsp3) is 0.559. The number of aryl methyl sites for hydroxylation is 3. The molecule has 2 aromatic carbocycles. The van der Waals surface area contributed by atoms with Crippen molar-refractivity contribution in [3.8, 4) is 5.75 Å². The van der Waals surface area contributed by atoms with E-state index in [0.717, 1.165) is 65.8 Å². The SMILES string of the molecule is Cc1ccc(C)c(OCC(=O)NCCCc2nc3ccccc3n2CC(=O)N(C2CCCCC2)C2CCCCC2)c1. The van der Waals surface area contributed by atoms with E-state index in [1.54, 1.807) is 0 Å². The average Bonchev–Trinajstić information content (AvgIpc) is 3.34. The minimum absolute atomic E-state index is 0.00449. The van der Waals surface area contributed by atoms with Gasteiger partial charge in [0.25, 0.3) is 5.91 Å². The van der Waals surface area contributed by atoms with Gasteiger partial charge >= 0.3 is 0 Å². The lowest BCUT2D eigenvalue weighted by molar-refractivity contribution is -0.138. The molecule has 2 saturated carbocycles.